The topological polar surface area (TPSA) is 76.0 Å². The molecule has 1 N–H and O–H groups in total. The standard InChI is InChI=1S/C19H28N6/c1-17(2,3)14-20-11-10-12(21-14)23-16(19(7,8)9)25-13(10)24-15(22-11)18(4,5)6/h1-9H3,(H,20,21,22,23,24,25). The van der Waals surface area contributed by atoms with E-state index < -0.39 is 0 Å². The van der Waals surface area contributed by atoms with Crippen molar-refractivity contribution in [2.45, 2.75) is 73.1 Å². The van der Waals surface area contributed by atoms with E-state index in [0.717, 1.165) is 28.7 Å². The first kappa shape index (κ1) is 17.7. The van der Waals surface area contributed by atoms with Gasteiger partial charge in [0.05, 0.1) is 0 Å². The third kappa shape index (κ3) is 3.22. The third-order valence-corrected chi connectivity index (χ3v) is 4.04. The molecule has 1 aliphatic rings. The molecule has 0 spiro atoms. The number of nitrogens with zero attached hydrogens (tertiary/aromatic N) is 5. The minimum absolute atomic E-state index is 0.135. The van der Waals surface area contributed by atoms with Crippen LogP contribution in [0.25, 0.3) is 11.0 Å². The number of anilines is 1. The van der Waals surface area contributed by atoms with E-state index in [2.05, 4.69) is 67.6 Å². The summed E-state index contributed by atoms with van der Waals surface area (Å²) in [5.74, 6) is 3.79. The van der Waals surface area contributed by atoms with Crippen molar-refractivity contribution in [3.8, 4) is 0 Å². The maximum Gasteiger partial charge on any atom is 0.170 e. The number of amidine groups is 1. The first-order chi connectivity index (χ1) is 11.3. The molecule has 6 nitrogen and oxygen atoms in total. The molecule has 0 radical (unpaired) electrons. The second-order valence-corrected chi connectivity index (χ2v) is 9.80. The van der Waals surface area contributed by atoms with Crippen molar-refractivity contribution in [3.63, 3.8) is 0 Å². The summed E-state index contributed by atoms with van der Waals surface area (Å²) in [5, 5.41) is 4.19. The molecule has 3 rings (SSSR count). The van der Waals surface area contributed by atoms with E-state index in [0.29, 0.717) is 11.5 Å². The van der Waals surface area contributed by atoms with Gasteiger partial charge in [-0.1, -0.05) is 62.3 Å². The Bertz CT molecular complexity index is 871. The molecule has 0 saturated carbocycles. The van der Waals surface area contributed by atoms with Crippen molar-refractivity contribution >= 4 is 28.5 Å². The monoisotopic (exact) mass is 340 g/mol. The Morgan fingerprint density at radius 3 is 1.64 bits per heavy atom. The first-order valence-corrected chi connectivity index (χ1v) is 8.74. The van der Waals surface area contributed by atoms with Crippen LogP contribution in [-0.4, -0.2) is 25.8 Å². The van der Waals surface area contributed by atoms with Gasteiger partial charge in [0, 0.05) is 16.2 Å². The Morgan fingerprint density at radius 1 is 0.640 bits per heavy atom. The van der Waals surface area contributed by atoms with E-state index >= 15 is 0 Å². The minimum atomic E-state index is -0.181. The molecule has 134 valence electrons. The van der Waals surface area contributed by atoms with Gasteiger partial charge < -0.3 is 5.32 Å². The van der Waals surface area contributed by atoms with Gasteiger partial charge in [-0.3, -0.25) is 0 Å². The summed E-state index contributed by atoms with van der Waals surface area (Å²) < 4.78 is 0. The lowest BCUT2D eigenvalue weighted by Gasteiger charge is -2.28. The van der Waals surface area contributed by atoms with Gasteiger partial charge >= 0.3 is 0 Å². The first-order valence-electron chi connectivity index (χ1n) is 8.74. The smallest absolute Gasteiger partial charge is 0.170 e. The van der Waals surface area contributed by atoms with Crippen LogP contribution in [-0.2, 0) is 10.8 Å². The fraction of sp³-hybridized carbons (Fsp3) is 0.632. The van der Waals surface area contributed by atoms with Crippen molar-refractivity contribution in [3.05, 3.63) is 11.6 Å². The molecule has 6 heteroatoms. The second kappa shape index (κ2) is 5.19. The van der Waals surface area contributed by atoms with Crippen LogP contribution in [0.1, 0.15) is 74.0 Å². The van der Waals surface area contributed by atoms with Crippen LogP contribution in [0.2, 0.25) is 0 Å². The number of aliphatic imine (C=N–C) groups is 1. The maximum absolute atomic E-state index is 4.78. The molecule has 0 bridgehead atoms. The summed E-state index contributed by atoms with van der Waals surface area (Å²) >= 11 is 0. The van der Waals surface area contributed by atoms with Crippen molar-refractivity contribution < 1.29 is 0 Å². The predicted octanol–water partition coefficient (Wildman–Crippen LogP) is 4.52. The lowest BCUT2D eigenvalue weighted by Crippen LogP contribution is -2.31. The fourth-order valence-electron chi connectivity index (χ4n) is 2.46. The lowest BCUT2D eigenvalue weighted by molar-refractivity contribution is 0.539. The van der Waals surface area contributed by atoms with Crippen LogP contribution in [0.4, 0.5) is 11.6 Å². The zero-order valence-electron chi connectivity index (χ0n) is 16.7. The van der Waals surface area contributed by atoms with Gasteiger partial charge in [-0.05, 0) is 0 Å². The van der Waals surface area contributed by atoms with Gasteiger partial charge in [0.2, 0.25) is 0 Å². The van der Waals surface area contributed by atoms with E-state index in [4.69, 9.17) is 24.9 Å². The molecule has 0 saturated heterocycles. The van der Waals surface area contributed by atoms with Gasteiger partial charge in [0.25, 0.3) is 0 Å². The Kier molecular flexibility index (Phi) is 3.68. The van der Waals surface area contributed by atoms with Gasteiger partial charge in [0.15, 0.2) is 11.5 Å². The highest BCUT2D eigenvalue weighted by Gasteiger charge is 2.30. The number of nitrogens with one attached hydrogen (secondary N) is 1. The number of rotatable bonds is 0. The Morgan fingerprint density at radius 2 is 1.16 bits per heavy atom. The largest absolute Gasteiger partial charge is 0.327 e. The zero-order valence-corrected chi connectivity index (χ0v) is 16.7. The Hall–Kier alpha value is -2.11. The fourth-order valence-corrected chi connectivity index (χ4v) is 2.46. The van der Waals surface area contributed by atoms with Crippen LogP contribution >= 0.6 is 0 Å². The van der Waals surface area contributed by atoms with Crippen LogP contribution in [0.15, 0.2) is 4.99 Å². The number of hydrogen-bond donors (Lipinski definition) is 1. The summed E-state index contributed by atoms with van der Waals surface area (Å²) in [7, 11) is 0. The molecular weight excluding hydrogens is 312 g/mol. The molecule has 25 heavy (non-hydrogen) atoms. The zero-order chi connectivity index (χ0) is 18.8. The van der Waals surface area contributed by atoms with Crippen molar-refractivity contribution in [1.29, 1.82) is 0 Å². The normalized spacial score (nSPS) is 15.2. The van der Waals surface area contributed by atoms with Crippen LogP contribution in [0.5, 0.6) is 0 Å². The second-order valence-electron chi connectivity index (χ2n) is 9.80. The van der Waals surface area contributed by atoms with E-state index in [-0.39, 0.29) is 16.2 Å². The highest BCUT2D eigenvalue weighted by Crippen LogP contribution is 2.37. The van der Waals surface area contributed by atoms with Crippen molar-refractivity contribution in [1.82, 2.24) is 19.9 Å². The Labute approximate surface area is 149 Å². The summed E-state index contributed by atoms with van der Waals surface area (Å²) in [6.07, 6.45) is 0. The van der Waals surface area contributed by atoms with Gasteiger partial charge in [-0.2, -0.15) is 0 Å². The summed E-state index contributed by atoms with van der Waals surface area (Å²) in [6, 6.07) is 0. The van der Waals surface area contributed by atoms with E-state index in [1.165, 1.54) is 0 Å². The highest BCUT2D eigenvalue weighted by molar-refractivity contribution is 6.11. The molecule has 0 aromatic carbocycles. The third-order valence-electron chi connectivity index (χ3n) is 4.04. The van der Waals surface area contributed by atoms with Crippen LogP contribution in [0.3, 0.4) is 0 Å². The molecule has 0 amide bonds. The summed E-state index contributed by atoms with van der Waals surface area (Å²) in [4.78, 5) is 23.8. The lowest BCUT2D eigenvalue weighted by atomic mass is 9.93. The van der Waals surface area contributed by atoms with Crippen molar-refractivity contribution in [2.24, 2.45) is 10.4 Å². The average molecular weight is 340 g/mol. The summed E-state index contributed by atoms with van der Waals surface area (Å²) in [6.45, 7) is 19.0. The summed E-state index contributed by atoms with van der Waals surface area (Å²) in [5.41, 5.74) is 0.175. The molecule has 0 aliphatic carbocycles. The predicted molar refractivity (Wildman–Crippen MR) is 103 cm³/mol. The molecule has 2 aromatic rings. The molecule has 0 unspecified atom stereocenters. The van der Waals surface area contributed by atoms with E-state index in [1.54, 1.807) is 0 Å². The van der Waals surface area contributed by atoms with Crippen LogP contribution < -0.4 is 5.32 Å². The molecule has 2 aromatic heterocycles. The Balaban J connectivity index is 2.37. The molecule has 0 atom stereocenters. The average Bonchev–Trinajstić information content (AvgIpc) is 2.43. The molecular formula is C19H28N6. The highest BCUT2D eigenvalue weighted by atomic mass is 15.2. The van der Waals surface area contributed by atoms with E-state index in [1.807, 2.05) is 0 Å². The quantitative estimate of drug-likeness (QED) is 0.763. The van der Waals surface area contributed by atoms with Gasteiger partial charge in [-0.15, -0.1) is 0 Å². The minimum Gasteiger partial charge on any atom is -0.327 e. The number of aromatic nitrogens is 4. The molecule has 0 fully saturated rings. The molecule has 3 heterocycles. The molecule has 1 aliphatic heterocycles. The van der Waals surface area contributed by atoms with Crippen LogP contribution in [0, 0.1) is 5.41 Å². The van der Waals surface area contributed by atoms with E-state index in [9.17, 15) is 0 Å². The van der Waals surface area contributed by atoms with Gasteiger partial charge in [-0.25, -0.2) is 24.9 Å². The SMILES string of the molecule is CC(C)(C)C1=Nc2nc(C(C)(C)C)nc3nc(C(C)(C)C)nc(c23)N1. The number of hydrogen-bond acceptors (Lipinski definition) is 6. The van der Waals surface area contributed by atoms with Crippen molar-refractivity contribution in [2.75, 3.05) is 5.32 Å². The van der Waals surface area contributed by atoms with Gasteiger partial charge in [0.1, 0.15) is 28.7 Å². The maximum atomic E-state index is 4.78.